The summed E-state index contributed by atoms with van der Waals surface area (Å²) in [7, 11) is 0. The van der Waals surface area contributed by atoms with E-state index in [1.54, 1.807) is 6.26 Å². The fraction of sp³-hybridized carbons (Fsp3) is 0.526. The summed E-state index contributed by atoms with van der Waals surface area (Å²) >= 11 is 1.44. The van der Waals surface area contributed by atoms with Gasteiger partial charge in [0.25, 0.3) is 5.91 Å². The molecule has 2 aliphatic rings. The summed E-state index contributed by atoms with van der Waals surface area (Å²) < 4.78 is 12.9. The van der Waals surface area contributed by atoms with Gasteiger partial charge in [-0.3, -0.25) is 9.59 Å². The molecule has 0 N–H and O–H groups in total. The zero-order valence-corrected chi connectivity index (χ0v) is 16.2. The van der Waals surface area contributed by atoms with Gasteiger partial charge in [0.2, 0.25) is 0 Å². The van der Waals surface area contributed by atoms with E-state index in [4.69, 9.17) is 9.15 Å². The van der Waals surface area contributed by atoms with Crippen LogP contribution in [-0.2, 0) is 20.9 Å². The van der Waals surface area contributed by atoms with Crippen molar-refractivity contribution in [3.05, 3.63) is 40.0 Å². The predicted octanol–water partition coefficient (Wildman–Crippen LogP) is 3.05. The van der Waals surface area contributed by atoms with Crippen LogP contribution in [0, 0.1) is 17.8 Å². The molecule has 1 amide bonds. The zero-order chi connectivity index (χ0) is 18.7. The Bertz CT molecular complexity index is 953. The molecule has 1 aliphatic heterocycles. The van der Waals surface area contributed by atoms with Crippen LogP contribution in [0.3, 0.4) is 0 Å². The molecule has 0 unspecified atom stereocenters. The first-order valence-corrected chi connectivity index (χ1v) is 9.53. The van der Waals surface area contributed by atoms with Crippen LogP contribution >= 0.6 is 11.3 Å². The van der Waals surface area contributed by atoms with Crippen LogP contribution in [0.1, 0.15) is 44.3 Å². The van der Waals surface area contributed by atoms with Crippen LogP contribution < -0.4 is 4.80 Å². The second-order valence-electron chi connectivity index (χ2n) is 7.92. The number of fused-ring (bicyclic) bond motifs is 2. The highest BCUT2D eigenvalue weighted by molar-refractivity contribution is 7.09. The number of hydrogen-bond donors (Lipinski definition) is 0. The van der Waals surface area contributed by atoms with E-state index in [0.717, 1.165) is 10.6 Å². The molecule has 1 aliphatic carbocycles. The summed E-state index contributed by atoms with van der Waals surface area (Å²) in [6.45, 7) is 8.24. The van der Waals surface area contributed by atoms with Gasteiger partial charge >= 0.3 is 5.97 Å². The normalized spacial score (nSPS) is 30.0. The third-order valence-electron chi connectivity index (χ3n) is 6.37. The lowest BCUT2D eigenvalue weighted by atomic mass is 9.66. The highest BCUT2D eigenvalue weighted by atomic mass is 32.1. The number of thiazole rings is 1. The number of aryl methyl sites for hydroxylation is 1. The second kappa shape index (κ2) is 5.42. The average molecular weight is 374 g/mol. The Hall–Kier alpha value is -2.15. The van der Waals surface area contributed by atoms with Crippen molar-refractivity contribution in [2.24, 2.45) is 15.8 Å². The van der Waals surface area contributed by atoms with E-state index in [2.05, 4.69) is 4.99 Å². The molecule has 2 bridgehead atoms. The first-order valence-electron chi connectivity index (χ1n) is 8.71. The fourth-order valence-electron chi connectivity index (χ4n) is 4.17. The lowest BCUT2D eigenvalue weighted by Crippen LogP contribution is -2.47. The quantitative estimate of drug-likeness (QED) is 0.774. The van der Waals surface area contributed by atoms with E-state index < -0.39 is 16.4 Å². The Morgan fingerprint density at radius 3 is 2.69 bits per heavy atom. The zero-order valence-electron chi connectivity index (χ0n) is 15.4. The number of nitrogens with zero attached hydrogens (tertiary/aromatic N) is 2. The predicted molar refractivity (Wildman–Crippen MR) is 95.4 cm³/mol. The van der Waals surface area contributed by atoms with Crippen LogP contribution in [0.5, 0.6) is 0 Å². The number of carbonyl (C=O) groups is 2. The van der Waals surface area contributed by atoms with Crippen LogP contribution in [0.15, 0.2) is 34.0 Å². The number of hydrogen-bond acceptors (Lipinski definition) is 5. The number of amides is 1. The maximum Gasteiger partial charge on any atom is 0.313 e. The number of ether oxygens (including phenoxy) is 1. The van der Waals surface area contributed by atoms with Crippen LogP contribution in [0.25, 0.3) is 0 Å². The third-order valence-corrected chi connectivity index (χ3v) is 7.30. The summed E-state index contributed by atoms with van der Waals surface area (Å²) in [4.78, 5) is 31.6. The molecule has 7 heteroatoms. The molecule has 6 nitrogen and oxygen atoms in total. The van der Waals surface area contributed by atoms with Gasteiger partial charge in [-0.15, -0.1) is 11.3 Å². The average Bonchev–Trinajstić information content (AvgIpc) is 3.26. The smallest absolute Gasteiger partial charge is 0.313 e. The molecule has 4 rings (SSSR count). The highest BCUT2D eigenvalue weighted by Crippen LogP contribution is 2.65. The largest absolute Gasteiger partial charge is 0.467 e. The molecular weight excluding hydrogens is 352 g/mol. The van der Waals surface area contributed by atoms with E-state index in [9.17, 15) is 9.59 Å². The second-order valence-corrected chi connectivity index (χ2v) is 9.14. The van der Waals surface area contributed by atoms with Crippen molar-refractivity contribution < 1.29 is 18.7 Å². The molecule has 138 valence electrons. The lowest BCUT2D eigenvalue weighted by molar-refractivity contribution is -0.166. The van der Waals surface area contributed by atoms with Crippen molar-refractivity contribution in [2.75, 3.05) is 0 Å². The molecule has 2 aromatic rings. The van der Waals surface area contributed by atoms with Gasteiger partial charge in [-0.2, -0.15) is 4.99 Å². The SMILES string of the molecule is Cc1cn(Cc2ccco2)/c(=N/C(=O)[C@]23CC[C@](C)(C(=O)O2)C3(C)C)s1. The van der Waals surface area contributed by atoms with Crippen molar-refractivity contribution in [3.8, 4) is 0 Å². The van der Waals surface area contributed by atoms with Gasteiger partial charge in [-0.1, -0.05) is 13.8 Å². The van der Waals surface area contributed by atoms with Gasteiger partial charge < -0.3 is 13.7 Å². The summed E-state index contributed by atoms with van der Waals surface area (Å²) in [5, 5.41) is 0. The van der Waals surface area contributed by atoms with E-state index in [-0.39, 0.29) is 11.9 Å². The minimum atomic E-state index is -1.17. The molecule has 0 aromatic carbocycles. The molecular formula is C19H22N2O4S. The number of furan rings is 1. The Morgan fingerprint density at radius 1 is 1.35 bits per heavy atom. The van der Waals surface area contributed by atoms with Gasteiger partial charge in [0.15, 0.2) is 10.4 Å². The molecule has 1 saturated heterocycles. The highest BCUT2D eigenvalue weighted by Gasteiger charge is 2.75. The first-order chi connectivity index (χ1) is 12.2. The first kappa shape index (κ1) is 17.3. The van der Waals surface area contributed by atoms with Crippen LogP contribution in [0.4, 0.5) is 0 Å². The minimum Gasteiger partial charge on any atom is -0.467 e. The number of aromatic nitrogens is 1. The molecule has 2 atom stereocenters. The maximum atomic E-state index is 13.2. The third kappa shape index (κ3) is 2.13. The van der Waals surface area contributed by atoms with Crippen molar-refractivity contribution >= 4 is 23.2 Å². The van der Waals surface area contributed by atoms with Gasteiger partial charge in [0.1, 0.15) is 5.76 Å². The number of rotatable bonds is 3. The summed E-state index contributed by atoms with van der Waals surface area (Å²) in [6.07, 6.45) is 4.74. The van der Waals surface area contributed by atoms with Gasteiger partial charge in [-0.25, -0.2) is 0 Å². The van der Waals surface area contributed by atoms with Crippen molar-refractivity contribution in [1.82, 2.24) is 4.57 Å². The summed E-state index contributed by atoms with van der Waals surface area (Å²) in [5.74, 6) is 0.131. The number of carbonyl (C=O) groups excluding carboxylic acids is 2. The Morgan fingerprint density at radius 2 is 2.12 bits per heavy atom. The summed E-state index contributed by atoms with van der Waals surface area (Å²) in [5.41, 5.74) is -2.39. The Balaban J connectivity index is 1.74. The molecule has 26 heavy (non-hydrogen) atoms. The van der Waals surface area contributed by atoms with Crippen molar-refractivity contribution in [3.63, 3.8) is 0 Å². The molecule has 1 saturated carbocycles. The topological polar surface area (TPSA) is 73.8 Å². The van der Waals surface area contributed by atoms with Gasteiger partial charge in [-0.05, 0) is 38.8 Å². The van der Waals surface area contributed by atoms with Crippen molar-refractivity contribution in [2.45, 2.75) is 52.7 Å². The molecule has 0 radical (unpaired) electrons. The van der Waals surface area contributed by atoms with Crippen molar-refractivity contribution in [1.29, 1.82) is 0 Å². The van der Waals surface area contributed by atoms with Crippen LogP contribution in [-0.4, -0.2) is 22.0 Å². The monoisotopic (exact) mass is 374 g/mol. The molecule has 2 fully saturated rings. The van der Waals surface area contributed by atoms with E-state index in [1.807, 2.05) is 50.6 Å². The molecule has 3 heterocycles. The van der Waals surface area contributed by atoms with E-state index >= 15 is 0 Å². The van der Waals surface area contributed by atoms with Gasteiger partial charge in [0, 0.05) is 16.5 Å². The lowest BCUT2D eigenvalue weighted by Gasteiger charge is -2.33. The standard InChI is InChI=1S/C19H22N2O4S/c1-12-10-21(11-13-6-5-9-24-13)16(26-12)20-14(22)19-8-7-18(4,15(23)25-19)17(19,2)3/h5-6,9-10H,7-8,11H2,1-4H3/b20-16-/t18-,19+/m1/s1. The van der Waals surface area contributed by atoms with E-state index in [1.165, 1.54) is 11.3 Å². The van der Waals surface area contributed by atoms with E-state index in [0.29, 0.717) is 24.2 Å². The molecule has 0 spiro atoms. The van der Waals surface area contributed by atoms with Crippen LogP contribution in [0.2, 0.25) is 0 Å². The summed E-state index contributed by atoms with van der Waals surface area (Å²) in [6, 6.07) is 3.71. The number of esters is 1. The minimum absolute atomic E-state index is 0.289. The Labute approximate surface area is 155 Å². The molecule has 2 aromatic heterocycles. The Kier molecular flexibility index (Phi) is 3.60. The van der Waals surface area contributed by atoms with Gasteiger partial charge in [0.05, 0.1) is 18.2 Å². The maximum absolute atomic E-state index is 13.2. The fourth-order valence-corrected chi connectivity index (χ4v) is 5.00.